The van der Waals surface area contributed by atoms with Crippen LogP contribution in [-0.2, 0) is 9.59 Å². The summed E-state index contributed by atoms with van der Waals surface area (Å²) >= 11 is 6.41. The summed E-state index contributed by atoms with van der Waals surface area (Å²) in [7, 11) is 0. The van der Waals surface area contributed by atoms with Gasteiger partial charge in [0.1, 0.15) is 0 Å². The van der Waals surface area contributed by atoms with E-state index in [1.54, 1.807) is 0 Å². The molecule has 1 aromatic rings. The average molecular weight is 395 g/mol. The molecule has 150 valence electrons. The van der Waals surface area contributed by atoms with Crippen molar-refractivity contribution < 1.29 is 9.59 Å². The number of benzene rings is 1. The Hall–Kier alpha value is -1.63. The van der Waals surface area contributed by atoms with Gasteiger partial charge in [0, 0.05) is 18.1 Å². The lowest BCUT2D eigenvalue weighted by Crippen LogP contribution is -2.44. The SMILES string of the molecule is CCNC(=O)CN(CC)CC(=O)NCC(c1ccccc1Cl)N1CCCC1. The fourth-order valence-electron chi connectivity index (χ4n) is 3.44. The lowest BCUT2D eigenvalue weighted by molar-refractivity contribution is -0.125. The summed E-state index contributed by atoms with van der Waals surface area (Å²) in [5.74, 6) is -0.129. The van der Waals surface area contributed by atoms with Crippen molar-refractivity contribution in [3.05, 3.63) is 34.9 Å². The maximum absolute atomic E-state index is 12.5. The first kappa shape index (κ1) is 21.7. The first-order valence-electron chi connectivity index (χ1n) is 9.79. The zero-order valence-electron chi connectivity index (χ0n) is 16.3. The van der Waals surface area contributed by atoms with Crippen LogP contribution < -0.4 is 10.6 Å². The zero-order valence-corrected chi connectivity index (χ0v) is 17.1. The summed E-state index contributed by atoms with van der Waals surface area (Å²) in [6.45, 7) is 8.07. The number of halogens is 1. The Morgan fingerprint density at radius 1 is 1.11 bits per heavy atom. The quantitative estimate of drug-likeness (QED) is 0.637. The van der Waals surface area contributed by atoms with Crippen LogP contribution in [0.4, 0.5) is 0 Å². The van der Waals surface area contributed by atoms with Crippen molar-refractivity contribution in [3.63, 3.8) is 0 Å². The molecule has 6 nitrogen and oxygen atoms in total. The van der Waals surface area contributed by atoms with Crippen molar-refractivity contribution in [2.75, 3.05) is 45.8 Å². The molecule has 0 aliphatic carbocycles. The topological polar surface area (TPSA) is 64.7 Å². The molecule has 7 heteroatoms. The number of carbonyl (C=O) groups is 2. The van der Waals surface area contributed by atoms with Crippen molar-refractivity contribution in [2.45, 2.75) is 32.7 Å². The first-order valence-corrected chi connectivity index (χ1v) is 10.2. The van der Waals surface area contributed by atoms with Gasteiger partial charge in [-0.3, -0.25) is 19.4 Å². The van der Waals surface area contributed by atoms with E-state index in [1.165, 1.54) is 12.8 Å². The van der Waals surface area contributed by atoms with Crippen LogP contribution in [0.15, 0.2) is 24.3 Å². The van der Waals surface area contributed by atoms with Gasteiger partial charge in [0.2, 0.25) is 11.8 Å². The van der Waals surface area contributed by atoms with Crippen molar-refractivity contribution in [3.8, 4) is 0 Å². The number of likely N-dealkylation sites (tertiary alicyclic amines) is 1. The second kappa shape index (κ2) is 11.3. The van der Waals surface area contributed by atoms with Gasteiger partial charge >= 0.3 is 0 Å². The van der Waals surface area contributed by atoms with Gasteiger partial charge in [-0.2, -0.15) is 0 Å². The molecule has 1 unspecified atom stereocenters. The van der Waals surface area contributed by atoms with Gasteiger partial charge in [0.25, 0.3) is 0 Å². The molecule has 1 atom stereocenters. The highest BCUT2D eigenvalue weighted by Gasteiger charge is 2.25. The number of hydrogen-bond acceptors (Lipinski definition) is 4. The molecule has 0 saturated carbocycles. The van der Waals surface area contributed by atoms with E-state index in [-0.39, 0.29) is 30.9 Å². The summed E-state index contributed by atoms with van der Waals surface area (Å²) in [5.41, 5.74) is 1.05. The molecule has 0 spiro atoms. The largest absolute Gasteiger partial charge is 0.355 e. The second-order valence-corrected chi connectivity index (χ2v) is 7.25. The number of nitrogens with zero attached hydrogens (tertiary/aromatic N) is 2. The first-order chi connectivity index (χ1) is 13.0. The molecule has 2 rings (SSSR count). The second-order valence-electron chi connectivity index (χ2n) is 6.84. The van der Waals surface area contributed by atoms with Crippen molar-refractivity contribution in [1.82, 2.24) is 20.4 Å². The third kappa shape index (κ3) is 6.79. The average Bonchev–Trinajstić information content (AvgIpc) is 3.17. The number of carbonyl (C=O) groups excluding carboxylic acids is 2. The minimum absolute atomic E-state index is 0.0573. The number of hydrogen-bond donors (Lipinski definition) is 2. The Morgan fingerprint density at radius 2 is 1.74 bits per heavy atom. The monoisotopic (exact) mass is 394 g/mol. The molecule has 0 radical (unpaired) electrons. The van der Waals surface area contributed by atoms with Gasteiger partial charge in [-0.05, 0) is 51.0 Å². The molecule has 1 saturated heterocycles. The van der Waals surface area contributed by atoms with Gasteiger partial charge < -0.3 is 10.6 Å². The molecule has 2 amide bonds. The van der Waals surface area contributed by atoms with Crippen molar-refractivity contribution in [2.24, 2.45) is 0 Å². The van der Waals surface area contributed by atoms with E-state index >= 15 is 0 Å². The van der Waals surface area contributed by atoms with Crippen LogP contribution in [0.2, 0.25) is 5.02 Å². The Morgan fingerprint density at radius 3 is 2.33 bits per heavy atom. The number of rotatable bonds is 10. The third-order valence-corrected chi connectivity index (χ3v) is 5.24. The smallest absolute Gasteiger partial charge is 0.234 e. The van der Waals surface area contributed by atoms with E-state index in [0.29, 0.717) is 19.6 Å². The normalized spacial score (nSPS) is 15.7. The number of likely N-dealkylation sites (N-methyl/N-ethyl adjacent to an activating group) is 2. The lowest BCUT2D eigenvalue weighted by Gasteiger charge is -2.29. The molecular formula is C20H31ClN4O2. The van der Waals surface area contributed by atoms with Crippen molar-refractivity contribution in [1.29, 1.82) is 0 Å². The third-order valence-electron chi connectivity index (χ3n) is 4.89. The maximum Gasteiger partial charge on any atom is 0.234 e. The Kier molecular flexibility index (Phi) is 9.04. The van der Waals surface area contributed by atoms with E-state index in [4.69, 9.17) is 11.6 Å². The standard InChI is InChI=1S/C20H31ClN4O2/c1-3-22-19(26)14-24(4-2)15-20(27)23-13-18(25-11-7-8-12-25)16-9-5-6-10-17(16)21/h5-6,9-10,18H,3-4,7-8,11-15H2,1-2H3,(H,22,26)(H,23,27). The number of nitrogens with one attached hydrogen (secondary N) is 2. The van der Waals surface area contributed by atoms with E-state index in [9.17, 15) is 9.59 Å². The summed E-state index contributed by atoms with van der Waals surface area (Å²) in [5, 5.41) is 6.54. The molecule has 1 aromatic carbocycles. The summed E-state index contributed by atoms with van der Waals surface area (Å²) < 4.78 is 0. The molecule has 1 aliphatic rings. The van der Waals surface area contributed by atoms with Crippen LogP contribution >= 0.6 is 11.6 Å². The van der Waals surface area contributed by atoms with Crippen LogP contribution in [0.3, 0.4) is 0 Å². The Balaban J connectivity index is 1.94. The molecule has 0 bridgehead atoms. The fourth-order valence-corrected chi connectivity index (χ4v) is 3.70. The Bertz CT molecular complexity index is 620. The van der Waals surface area contributed by atoms with Crippen LogP contribution in [0.25, 0.3) is 0 Å². The van der Waals surface area contributed by atoms with Gasteiger partial charge in [-0.1, -0.05) is 36.7 Å². The minimum Gasteiger partial charge on any atom is -0.355 e. The predicted octanol–water partition coefficient (Wildman–Crippen LogP) is 2.05. The van der Waals surface area contributed by atoms with E-state index in [1.807, 2.05) is 43.0 Å². The molecule has 2 N–H and O–H groups in total. The van der Waals surface area contributed by atoms with E-state index in [2.05, 4.69) is 15.5 Å². The minimum atomic E-state index is -0.0719. The van der Waals surface area contributed by atoms with Gasteiger partial charge in [-0.15, -0.1) is 0 Å². The molecule has 1 heterocycles. The van der Waals surface area contributed by atoms with Gasteiger partial charge in [-0.25, -0.2) is 0 Å². The molecule has 0 aromatic heterocycles. The summed E-state index contributed by atoms with van der Waals surface area (Å²) in [6, 6.07) is 7.91. The van der Waals surface area contributed by atoms with Crippen LogP contribution in [0.1, 0.15) is 38.3 Å². The van der Waals surface area contributed by atoms with Crippen LogP contribution in [0, 0.1) is 0 Å². The molecular weight excluding hydrogens is 364 g/mol. The van der Waals surface area contributed by atoms with Crippen LogP contribution in [-0.4, -0.2) is 67.4 Å². The van der Waals surface area contributed by atoms with E-state index < -0.39 is 0 Å². The fraction of sp³-hybridized carbons (Fsp3) is 0.600. The lowest BCUT2D eigenvalue weighted by atomic mass is 10.1. The van der Waals surface area contributed by atoms with Gasteiger partial charge in [0.15, 0.2) is 0 Å². The highest BCUT2D eigenvalue weighted by molar-refractivity contribution is 6.31. The highest BCUT2D eigenvalue weighted by atomic mass is 35.5. The zero-order chi connectivity index (χ0) is 19.6. The van der Waals surface area contributed by atoms with Gasteiger partial charge in [0.05, 0.1) is 19.1 Å². The molecule has 1 aliphatic heterocycles. The van der Waals surface area contributed by atoms with E-state index in [0.717, 1.165) is 23.7 Å². The van der Waals surface area contributed by atoms with Crippen molar-refractivity contribution >= 4 is 23.4 Å². The summed E-state index contributed by atoms with van der Waals surface area (Å²) in [6.07, 6.45) is 2.34. The number of amides is 2. The predicted molar refractivity (Wildman–Crippen MR) is 109 cm³/mol. The summed E-state index contributed by atoms with van der Waals surface area (Å²) in [4.78, 5) is 28.4. The molecule has 1 fully saturated rings. The van der Waals surface area contributed by atoms with Crippen LogP contribution in [0.5, 0.6) is 0 Å². The molecule has 27 heavy (non-hydrogen) atoms. The Labute approximate surface area is 167 Å². The maximum atomic E-state index is 12.5. The highest BCUT2D eigenvalue weighted by Crippen LogP contribution is 2.29.